The normalized spacial score (nSPS) is 14.4. The van der Waals surface area contributed by atoms with Crippen molar-refractivity contribution >= 4 is 17.7 Å². The number of carbonyl (C=O) groups excluding carboxylic acids is 3. The summed E-state index contributed by atoms with van der Waals surface area (Å²) in [5, 5.41) is 0. The molecular formula is C23H27N3O4. The second-order valence-corrected chi connectivity index (χ2v) is 7.52. The number of hydrogen-bond acceptors (Lipinski definition) is 4. The van der Waals surface area contributed by atoms with E-state index >= 15 is 0 Å². The SMILES string of the molecule is Cc1cccc(O[C@@H](C)C(=O)NNC(=O)c2cccc(CN3CCCC3=O)c2)c1C. The van der Waals surface area contributed by atoms with Gasteiger partial charge in [0.2, 0.25) is 5.91 Å². The van der Waals surface area contributed by atoms with Crippen molar-refractivity contribution in [3.63, 3.8) is 0 Å². The lowest BCUT2D eigenvalue weighted by atomic mass is 10.1. The molecule has 2 N–H and O–H groups in total. The molecule has 158 valence electrons. The van der Waals surface area contributed by atoms with Crippen molar-refractivity contribution in [2.75, 3.05) is 6.54 Å². The topological polar surface area (TPSA) is 87.7 Å². The summed E-state index contributed by atoms with van der Waals surface area (Å²) in [5.74, 6) is -0.122. The zero-order chi connectivity index (χ0) is 21.7. The van der Waals surface area contributed by atoms with Crippen LogP contribution in [0.25, 0.3) is 0 Å². The Morgan fingerprint density at radius 3 is 2.63 bits per heavy atom. The number of rotatable bonds is 6. The fourth-order valence-electron chi connectivity index (χ4n) is 3.29. The summed E-state index contributed by atoms with van der Waals surface area (Å²) >= 11 is 0. The first-order valence-electron chi connectivity index (χ1n) is 10.0. The van der Waals surface area contributed by atoms with Gasteiger partial charge in [0.1, 0.15) is 5.75 Å². The van der Waals surface area contributed by atoms with Crippen LogP contribution in [0.2, 0.25) is 0 Å². The number of hydrogen-bond donors (Lipinski definition) is 2. The van der Waals surface area contributed by atoms with Crippen LogP contribution in [0, 0.1) is 13.8 Å². The predicted molar refractivity (Wildman–Crippen MR) is 113 cm³/mol. The van der Waals surface area contributed by atoms with E-state index in [0.717, 1.165) is 29.7 Å². The smallest absolute Gasteiger partial charge is 0.279 e. The average Bonchev–Trinajstić information content (AvgIpc) is 3.13. The van der Waals surface area contributed by atoms with Gasteiger partial charge in [0.25, 0.3) is 11.8 Å². The molecule has 0 aliphatic carbocycles. The molecule has 1 aliphatic rings. The van der Waals surface area contributed by atoms with Gasteiger partial charge in [-0.3, -0.25) is 25.2 Å². The number of ether oxygens (including phenoxy) is 1. The van der Waals surface area contributed by atoms with Crippen LogP contribution in [-0.4, -0.2) is 35.3 Å². The number of likely N-dealkylation sites (tertiary alicyclic amines) is 1. The lowest BCUT2D eigenvalue weighted by Crippen LogP contribution is -2.47. The van der Waals surface area contributed by atoms with E-state index in [4.69, 9.17) is 4.74 Å². The molecule has 7 heteroatoms. The Morgan fingerprint density at radius 2 is 1.90 bits per heavy atom. The highest BCUT2D eigenvalue weighted by atomic mass is 16.5. The maximum Gasteiger partial charge on any atom is 0.279 e. The van der Waals surface area contributed by atoms with Crippen LogP contribution in [0.3, 0.4) is 0 Å². The summed E-state index contributed by atoms with van der Waals surface area (Å²) in [6.45, 7) is 6.74. The number of carbonyl (C=O) groups is 3. The van der Waals surface area contributed by atoms with Crippen molar-refractivity contribution in [3.05, 3.63) is 64.7 Å². The number of nitrogens with zero attached hydrogens (tertiary/aromatic N) is 1. The third-order valence-corrected chi connectivity index (χ3v) is 5.26. The van der Waals surface area contributed by atoms with Crippen molar-refractivity contribution in [2.24, 2.45) is 0 Å². The van der Waals surface area contributed by atoms with Crippen LogP contribution in [0.5, 0.6) is 5.75 Å². The minimum absolute atomic E-state index is 0.134. The van der Waals surface area contributed by atoms with E-state index in [1.807, 2.05) is 32.0 Å². The summed E-state index contributed by atoms with van der Waals surface area (Å²) in [7, 11) is 0. The molecule has 0 radical (unpaired) electrons. The van der Waals surface area contributed by atoms with E-state index in [9.17, 15) is 14.4 Å². The van der Waals surface area contributed by atoms with E-state index in [2.05, 4.69) is 10.9 Å². The molecule has 3 amide bonds. The molecule has 1 fully saturated rings. The van der Waals surface area contributed by atoms with Gasteiger partial charge < -0.3 is 9.64 Å². The predicted octanol–water partition coefficient (Wildman–Crippen LogP) is 2.65. The zero-order valence-electron chi connectivity index (χ0n) is 17.5. The first-order chi connectivity index (χ1) is 14.3. The van der Waals surface area contributed by atoms with Gasteiger partial charge >= 0.3 is 0 Å². The third kappa shape index (κ3) is 5.17. The molecule has 3 rings (SSSR count). The summed E-state index contributed by atoms with van der Waals surface area (Å²) < 4.78 is 5.73. The maximum absolute atomic E-state index is 12.4. The van der Waals surface area contributed by atoms with Crippen molar-refractivity contribution in [1.82, 2.24) is 15.8 Å². The van der Waals surface area contributed by atoms with Gasteiger partial charge in [-0.05, 0) is 62.1 Å². The number of aryl methyl sites for hydroxylation is 1. The highest BCUT2D eigenvalue weighted by Gasteiger charge is 2.21. The van der Waals surface area contributed by atoms with Gasteiger partial charge in [-0.15, -0.1) is 0 Å². The van der Waals surface area contributed by atoms with E-state index in [1.165, 1.54) is 0 Å². The molecule has 1 heterocycles. The third-order valence-electron chi connectivity index (χ3n) is 5.26. The van der Waals surface area contributed by atoms with Gasteiger partial charge in [-0.1, -0.05) is 24.3 Å². The van der Waals surface area contributed by atoms with Gasteiger partial charge in [0.05, 0.1) is 0 Å². The van der Waals surface area contributed by atoms with Crippen LogP contribution >= 0.6 is 0 Å². The fourth-order valence-corrected chi connectivity index (χ4v) is 3.29. The lowest BCUT2D eigenvalue weighted by molar-refractivity contribution is -0.128. The molecular weight excluding hydrogens is 382 g/mol. The zero-order valence-corrected chi connectivity index (χ0v) is 17.5. The maximum atomic E-state index is 12.4. The second-order valence-electron chi connectivity index (χ2n) is 7.52. The van der Waals surface area contributed by atoms with Crippen LogP contribution in [-0.2, 0) is 16.1 Å². The summed E-state index contributed by atoms with van der Waals surface area (Å²) in [6, 6.07) is 12.7. The van der Waals surface area contributed by atoms with Crippen molar-refractivity contribution in [2.45, 2.75) is 46.3 Å². The first kappa shape index (κ1) is 21.4. The van der Waals surface area contributed by atoms with Crippen LogP contribution in [0.4, 0.5) is 0 Å². The molecule has 0 bridgehead atoms. The van der Waals surface area contributed by atoms with Crippen molar-refractivity contribution in [1.29, 1.82) is 0 Å². The molecule has 1 saturated heterocycles. The molecule has 0 unspecified atom stereocenters. The van der Waals surface area contributed by atoms with Gasteiger partial charge in [0, 0.05) is 25.1 Å². The van der Waals surface area contributed by atoms with Crippen LogP contribution in [0.15, 0.2) is 42.5 Å². The molecule has 1 atom stereocenters. The van der Waals surface area contributed by atoms with E-state index in [0.29, 0.717) is 24.3 Å². The number of amides is 3. The fraction of sp³-hybridized carbons (Fsp3) is 0.348. The Kier molecular flexibility index (Phi) is 6.72. The standard InChI is InChI=1S/C23H27N3O4/c1-15-7-4-10-20(16(15)2)30-17(3)22(28)24-25-23(29)19-9-5-8-18(13-19)14-26-12-6-11-21(26)27/h4-5,7-10,13,17H,6,11-12,14H2,1-3H3,(H,24,28)(H,25,29)/t17-/m0/s1. The van der Waals surface area contributed by atoms with Gasteiger partial charge in [0.15, 0.2) is 6.10 Å². The Morgan fingerprint density at radius 1 is 1.13 bits per heavy atom. The Labute approximate surface area is 176 Å². The Bertz CT molecular complexity index is 957. The van der Waals surface area contributed by atoms with E-state index in [-0.39, 0.29) is 5.91 Å². The summed E-state index contributed by atoms with van der Waals surface area (Å²) in [5.41, 5.74) is 8.15. The Balaban J connectivity index is 1.54. The number of hydrazine groups is 1. The lowest BCUT2D eigenvalue weighted by Gasteiger charge is -2.18. The molecule has 0 aromatic heterocycles. The van der Waals surface area contributed by atoms with Crippen LogP contribution in [0.1, 0.15) is 46.8 Å². The van der Waals surface area contributed by atoms with Crippen LogP contribution < -0.4 is 15.6 Å². The average molecular weight is 409 g/mol. The largest absolute Gasteiger partial charge is 0.481 e. The molecule has 1 aliphatic heterocycles. The molecule has 0 saturated carbocycles. The molecule has 2 aromatic rings. The van der Waals surface area contributed by atoms with E-state index < -0.39 is 17.9 Å². The number of benzene rings is 2. The minimum atomic E-state index is -0.779. The summed E-state index contributed by atoms with van der Waals surface area (Å²) in [6.07, 6.45) is 0.667. The second kappa shape index (κ2) is 9.43. The molecule has 0 spiro atoms. The van der Waals surface area contributed by atoms with Gasteiger partial charge in [-0.25, -0.2) is 0 Å². The first-order valence-corrected chi connectivity index (χ1v) is 10.0. The Hall–Kier alpha value is -3.35. The monoisotopic (exact) mass is 409 g/mol. The number of nitrogens with one attached hydrogen (secondary N) is 2. The van der Waals surface area contributed by atoms with Gasteiger partial charge in [-0.2, -0.15) is 0 Å². The highest BCUT2D eigenvalue weighted by Crippen LogP contribution is 2.21. The summed E-state index contributed by atoms with van der Waals surface area (Å²) in [4.78, 5) is 38.3. The molecule has 2 aromatic carbocycles. The molecule has 7 nitrogen and oxygen atoms in total. The molecule has 30 heavy (non-hydrogen) atoms. The highest BCUT2D eigenvalue weighted by molar-refractivity contribution is 5.96. The van der Waals surface area contributed by atoms with E-state index in [1.54, 1.807) is 36.1 Å². The quantitative estimate of drug-likeness (QED) is 0.718. The van der Waals surface area contributed by atoms with Crippen molar-refractivity contribution < 1.29 is 19.1 Å². The minimum Gasteiger partial charge on any atom is -0.481 e. The van der Waals surface area contributed by atoms with Crippen molar-refractivity contribution in [3.8, 4) is 5.75 Å².